The van der Waals surface area contributed by atoms with Crippen LogP contribution in [0, 0.1) is 18.8 Å². The Kier molecular flexibility index (Phi) is 8.77. The van der Waals surface area contributed by atoms with Crippen LogP contribution >= 0.6 is 0 Å². The van der Waals surface area contributed by atoms with E-state index in [0.29, 0.717) is 23.7 Å². The fraction of sp³-hybridized carbons (Fsp3) is 0.512. The summed E-state index contributed by atoms with van der Waals surface area (Å²) in [6.07, 6.45) is 14.3. The SMILES string of the molecule is CC=Cc1ccc(C)c2c1C1c3c(OCC(CC)CCCC)ccc(OCC(CC)CCCC)c3C13c1ccccc1C23. The fourth-order valence-electron chi connectivity index (χ4n) is 8.64. The molecule has 3 aromatic rings. The molecule has 0 fully saturated rings. The largest absolute Gasteiger partial charge is 0.493 e. The molecule has 43 heavy (non-hydrogen) atoms. The van der Waals surface area contributed by atoms with Gasteiger partial charge in [-0.25, -0.2) is 0 Å². The Bertz CT molecular complexity index is 1480. The minimum absolute atomic E-state index is 0.0666. The van der Waals surface area contributed by atoms with Crippen molar-refractivity contribution in [1.29, 1.82) is 0 Å². The lowest BCUT2D eigenvalue weighted by Crippen LogP contribution is -2.53. The van der Waals surface area contributed by atoms with E-state index < -0.39 is 0 Å². The van der Waals surface area contributed by atoms with Crippen LogP contribution in [0.3, 0.4) is 0 Å². The lowest BCUT2D eigenvalue weighted by atomic mass is 9.42. The van der Waals surface area contributed by atoms with E-state index in [1.54, 1.807) is 0 Å². The van der Waals surface area contributed by atoms with Gasteiger partial charge in [-0.2, -0.15) is 0 Å². The number of fused-ring (bicyclic) bond motifs is 7. The number of hydrogen-bond acceptors (Lipinski definition) is 2. The van der Waals surface area contributed by atoms with Crippen LogP contribution in [0.25, 0.3) is 6.08 Å². The van der Waals surface area contributed by atoms with Crippen molar-refractivity contribution >= 4 is 6.08 Å². The number of rotatable bonds is 15. The maximum atomic E-state index is 6.88. The van der Waals surface area contributed by atoms with Crippen molar-refractivity contribution in [3.63, 3.8) is 0 Å². The third-order valence-electron chi connectivity index (χ3n) is 11.0. The zero-order chi connectivity index (χ0) is 30.1. The van der Waals surface area contributed by atoms with Crippen molar-refractivity contribution < 1.29 is 9.47 Å². The average molecular weight is 577 g/mol. The molecule has 1 spiro atoms. The Morgan fingerprint density at radius 3 is 2.05 bits per heavy atom. The van der Waals surface area contributed by atoms with E-state index in [4.69, 9.17) is 9.47 Å². The number of hydrogen-bond donors (Lipinski definition) is 0. The smallest absolute Gasteiger partial charge is 0.124 e. The van der Waals surface area contributed by atoms with Crippen molar-refractivity contribution in [3.8, 4) is 11.5 Å². The predicted octanol–water partition coefficient (Wildman–Crippen LogP) is 11.1. The molecule has 2 nitrogen and oxygen atoms in total. The van der Waals surface area contributed by atoms with E-state index in [1.165, 1.54) is 83.0 Å². The standard InChI is InChI=1S/C41H52O2/c1-7-12-17-28(10-4)25-42-33-23-24-34(43-26-29(11-5)18-13-8-2)39-37(33)40-36-30(16-9-3)22-21-27(6)35(36)38-31-19-14-15-20-32(31)41(38,39)40/h9,14-16,19-24,28-29,38,40H,7-8,10-13,17-18,25-26H2,1-6H3. The predicted molar refractivity (Wildman–Crippen MR) is 181 cm³/mol. The quantitative estimate of drug-likeness (QED) is 0.179. The molecule has 0 radical (unpaired) electrons. The van der Waals surface area contributed by atoms with Crippen molar-refractivity contribution in [2.45, 2.75) is 110 Å². The molecule has 3 aliphatic carbocycles. The first-order valence-corrected chi connectivity index (χ1v) is 17.3. The van der Waals surface area contributed by atoms with Gasteiger partial charge >= 0.3 is 0 Å². The topological polar surface area (TPSA) is 18.5 Å². The molecule has 228 valence electrons. The second-order valence-corrected chi connectivity index (χ2v) is 13.4. The molecule has 6 rings (SSSR count). The Hall–Kier alpha value is -3.00. The van der Waals surface area contributed by atoms with Crippen LogP contribution in [0.1, 0.15) is 142 Å². The first-order chi connectivity index (χ1) is 21.1. The van der Waals surface area contributed by atoms with Gasteiger partial charge in [0.05, 0.1) is 13.2 Å². The molecule has 0 bridgehead atoms. The molecule has 3 aliphatic rings. The summed E-state index contributed by atoms with van der Waals surface area (Å²) in [5, 5.41) is 0. The van der Waals surface area contributed by atoms with Gasteiger partial charge in [0.15, 0.2) is 0 Å². The summed E-state index contributed by atoms with van der Waals surface area (Å²) in [7, 11) is 0. The van der Waals surface area contributed by atoms with Gasteiger partial charge in [0.1, 0.15) is 11.5 Å². The lowest BCUT2D eigenvalue weighted by molar-refractivity contribution is 0.206. The summed E-state index contributed by atoms with van der Waals surface area (Å²) in [5.41, 5.74) is 11.5. The summed E-state index contributed by atoms with van der Waals surface area (Å²) in [4.78, 5) is 0. The van der Waals surface area contributed by atoms with Crippen molar-refractivity contribution in [2.24, 2.45) is 11.8 Å². The van der Waals surface area contributed by atoms with E-state index in [0.717, 1.165) is 37.6 Å². The zero-order valence-electron chi connectivity index (χ0n) is 27.5. The monoisotopic (exact) mass is 576 g/mol. The molecular weight excluding hydrogens is 524 g/mol. The maximum absolute atomic E-state index is 6.88. The Morgan fingerprint density at radius 2 is 1.40 bits per heavy atom. The molecule has 3 aromatic carbocycles. The highest BCUT2D eigenvalue weighted by Gasteiger charge is 2.72. The Morgan fingerprint density at radius 1 is 0.744 bits per heavy atom. The van der Waals surface area contributed by atoms with Crippen LogP contribution in [0.4, 0.5) is 0 Å². The summed E-state index contributed by atoms with van der Waals surface area (Å²) in [6, 6.07) is 18.4. The summed E-state index contributed by atoms with van der Waals surface area (Å²) >= 11 is 0. The van der Waals surface area contributed by atoms with Crippen molar-refractivity contribution in [2.75, 3.05) is 13.2 Å². The van der Waals surface area contributed by atoms with Crippen molar-refractivity contribution in [1.82, 2.24) is 0 Å². The van der Waals surface area contributed by atoms with Crippen LogP contribution in [0.5, 0.6) is 11.5 Å². The molecule has 0 heterocycles. The zero-order valence-corrected chi connectivity index (χ0v) is 27.5. The molecule has 0 N–H and O–H groups in total. The van der Waals surface area contributed by atoms with Crippen LogP contribution in [0.15, 0.2) is 54.6 Å². The third-order valence-corrected chi connectivity index (χ3v) is 11.0. The molecule has 5 atom stereocenters. The first-order valence-electron chi connectivity index (χ1n) is 17.3. The number of allylic oxidation sites excluding steroid dienone is 1. The maximum Gasteiger partial charge on any atom is 0.124 e. The van der Waals surface area contributed by atoms with E-state index in [9.17, 15) is 0 Å². The average Bonchev–Trinajstić information content (AvgIpc) is 3.23. The Labute approximate surface area is 260 Å². The van der Waals surface area contributed by atoms with Crippen LogP contribution < -0.4 is 9.47 Å². The summed E-state index contributed by atoms with van der Waals surface area (Å²) < 4.78 is 13.7. The van der Waals surface area contributed by atoms with E-state index in [2.05, 4.69) is 102 Å². The molecular formula is C41H52O2. The van der Waals surface area contributed by atoms with Crippen molar-refractivity contribution in [3.05, 3.63) is 99.1 Å². The second kappa shape index (κ2) is 12.5. The molecule has 5 unspecified atom stereocenters. The van der Waals surface area contributed by atoms with Crippen LogP contribution in [-0.4, -0.2) is 13.2 Å². The van der Waals surface area contributed by atoms with Gasteiger partial charge in [0.2, 0.25) is 0 Å². The molecule has 0 aliphatic heterocycles. The normalized spacial score (nSPS) is 22.0. The molecule has 0 saturated heterocycles. The van der Waals surface area contributed by atoms with E-state index in [1.807, 2.05) is 0 Å². The minimum Gasteiger partial charge on any atom is -0.493 e. The van der Waals surface area contributed by atoms with E-state index >= 15 is 0 Å². The highest BCUT2D eigenvalue weighted by atomic mass is 16.5. The molecule has 2 heteroatoms. The number of aryl methyl sites for hydroxylation is 1. The third kappa shape index (κ3) is 4.66. The number of unbranched alkanes of at least 4 members (excludes halogenated alkanes) is 2. The highest BCUT2D eigenvalue weighted by Crippen LogP contribution is 2.80. The first kappa shape index (κ1) is 30.0. The minimum atomic E-state index is -0.0666. The van der Waals surface area contributed by atoms with Crippen LogP contribution in [0.2, 0.25) is 0 Å². The molecule has 0 amide bonds. The van der Waals surface area contributed by atoms with Gasteiger partial charge in [0, 0.05) is 28.4 Å². The number of benzene rings is 3. The van der Waals surface area contributed by atoms with Gasteiger partial charge in [-0.3, -0.25) is 0 Å². The fourth-order valence-corrected chi connectivity index (χ4v) is 8.64. The second-order valence-electron chi connectivity index (χ2n) is 13.4. The lowest BCUT2D eigenvalue weighted by Gasteiger charge is -2.59. The van der Waals surface area contributed by atoms with Gasteiger partial charge < -0.3 is 9.47 Å². The Balaban J connectivity index is 1.49. The van der Waals surface area contributed by atoms with E-state index in [-0.39, 0.29) is 5.41 Å². The number of ether oxygens (including phenoxy) is 2. The van der Waals surface area contributed by atoms with Gasteiger partial charge in [-0.15, -0.1) is 0 Å². The molecule has 0 saturated carbocycles. The van der Waals surface area contributed by atoms with Gasteiger partial charge in [-0.1, -0.05) is 115 Å². The summed E-state index contributed by atoms with van der Waals surface area (Å²) in [6.45, 7) is 15.2. The summed E-state index contributed by atoms with van der Waals surface area (Å²) in [5.74, 6) is 4.02. The highest BCUT2D eigenvalue weighted by molar-refractivity contribution is 5.85. The molecule has 0 aromatic heterocycles. The van der Waals surface area contributed by atoms with Gasteiger partial charge in [-0.05, 0) is 84.0 Å². The van der Waals surface area contributed by atoms with Crippen LogP contribution in [-0.2, 0) is 5.41 Å². The van der Waals surface area contributed by atoms with Gasteiger partial charge in [0.25, 0.3) is 0 Å².